The highest BCUT2D eigenvalue weighted by molar-refractivity contribution is 7.71. The number of amides is 1. The third-order valence-corrected chi connectivity index (χ3v) is 4.07. The number of nitrogens with zero attached hydrogens (tertiary/aromatic N) is 2. The molecule has 0 fully saturated rings. The van der Waals surface area contributed by atoms with E-state index in [1.165, 1.54) is 4.57 Å². The molecule has 0 unspecified atom stereocenters. The third-order valence-electron chi connectivity index (χ3n) is 3.42. The van der Waals surface area contributed by atoms with Gasteiger partial charge in [-0.3, -0.25) is 19.1 Å². The number of hydrogen-bond donors (Lipinski definition) is 3. The Kier molecular flexibility index (Phi) is 6.49. The molecular weight excluding hydrogens is 364 g/mol. The third kappa shape index (κ3) is 4.55. The number of nitrogens with one attached hydrogen (secondary N) is 2. The van der Waals surface area contributed by atoms with E-state index in [-0.39, 0.29) is 26.8 Å². The number of hydrazone groups is 1. The van der Waals surface area contributed by atoms with Gasteiger partial charge in [-0.25, -0.2) is 5.43 Å². The number of aromatic hydroxyl groups is 1. The first-order valence-electron chi connectivity index (χ1n) is 7.59. The first-order valence-corrected chi connectivity index (χ1v) is 8.38. The number of benzene rings is 1. The molecule has 0 spiro atoms. The van der Waals surface area contributed by atoms with Crippen LogP contribution in [0.5, 0.6) is 5.88 Å². The summed E-state index contributed by atoms with van der Waals surface area (Å²) in [6, 6.07) is 6.49. The lowest BCUT2D eigenvalue weighted by Crippen LogP contribution is -2.21. The van der Waals surface area contributed by atoms with Gasteiger partial charge >= 0.3 is 0 Å². The maximum Gasteiger partial charge on any atom is 0.272 e. The molecule has 0 bridgehead atoms. The van der Waals surface area contributed by atoms with E-state index < -0.39 is 11.5 Å². The Morgan fingerprint density at radius 3 is 2.88 bits per heavy atom. The number of halogens is 1. The number of aromatic amines is 1. The van der Waals surface area contributed by atoms with E-state index in [0.29, 0.717) is 6.54 Å². The monoisotopic (exact) mass is 380 g/mol. The minimum atomic E-state index is -0.592. The van der Waals surface area contributed by atoms with E-state index in [0.717, 1.165) is 19.1 Å². The van der Waals surface area contributed by atoms with E-state index in [2.05, 4.69) is 15.5 Å². The van der Waals surface area contributed by atoms with Crippen LogP contribution >= 0.6 is 23.8 Å². The van der Waals surface area contributed by atoms with Crippen molar-refractivity contribution in [3.05, 3.63) is 55.5 Å². The Balaban J connectivity index is 2.23. The van der Waals surface area contributed by atoms with Crippen molar-refractivity contribution in [2.75, 3.05) is 0 Å². The zero-order valence-corrected chi connectivity index (χ0v) is 15.0. The van der Waals surface area contributed by atoms with E-state index in [1.807, 2.05) is 6.92 Å². The quantitative estimate of drug-likeness (QED) is 0.407. The lowest BCUT2D eigenvalue weighted by molar-refractivity contribution is 0.0955. The molecule has 0 saturated heterocycles. The summed E-state index contributed by atoms with van der Waals surface area (Å²) in [5.41, 5.74) is 1.83. The van der Waals surface area contributed by atoms with E-state index >= 15 is 0 Å². The second-order valence-electron chi connectivity index (χ2n) is 5.18. The number of carbonyl (C=O) groups excluding carboxylic acids is 1. The van der Waals surface area contributed by atoms with Gasteiger partial charge in [-0.2, -0.15) is 5.10 Å². The summed E-state index contributed by atoms with van der Waals surface area (Å²) >= 11 is 11.0. The largest absolute Gasteiger partial charge is 0.494 e. The molecule has 3 N–H and O–H groups in total. The van der Waals surface area contributed by atoms with Crippen molar-refractivity contribution in [3.8, 4) is 5.88 Å². The first kappa shape index (κ1) is 18.9. The van der Waals surface area contributed by atoms with Gasteiger partial charge in [-0.05, 0) is 30.8 Å². The Labute approximate surface area is 154 Å². The highest BCUT2D eigenvalue weighted by Gasteiger charge is 2.12. The van der Waals surface area contributed by atoms with Gasteiger partial charge in [0.15, 0.2) is 4.77 Å². The molecule has 1 aromatic carbocycles. The Bertz CT molecular complexity index is 920. The lowest BCUT2D eigenvalue weighted by Gasteiger charge is -2.10. The summed E-state index contributed by atoms with van der Waals surface area (Å²) in [6.07, 6.45) is 2.76. The fourth-order valence-electron chi connectivity index (χ4n) is 2.08. The van der Waals surface area contributed by atoms with Crippen LogP contribution in [0.3, 0.4) is 0 Å². The van der Waals surface area contributed by atoms with Crippen LogP contribution in [0, 0.1) is 4.77 Å². The Morgan fingerprint density at radius 1 is 1.48 bits per heavy atom. The molecule has 132 valence electrons. The fourth-order valence-corrected chi connectivity index (χ4v) is 2.57. The summed E-state index contributed by atoms with van der Waals surface area (Å²) in [7, 11) is 0. The van der Waals surface area contributed by atoms with Crippen LogP contribution < -0.4 is 11.0 Å². The van der Waals surface area contributed by atoms with Crippen LogP contribution in [-0.2, 0) is 6.54 Å². The van der Waals surface area contributed by atoms with Crippen LogP contribution in [0.25, 0.3) is 0 Å². The number of aromatic nitrogens is 2. The zero-order chi connectivity index (χ0) is 18.4. The molecule has 0 radical (unpaired) electrons. The lowest BCUT2D eigenvalue weighted by atomic mass is 10.2. The van der Waals surface area contributed by atoms with Gasteiger partial charge in [0.25, 0.3) is 11.5 Å². The molecule has 0 saturated carbocycles. The standard InChI is InChI=1S/C16H17ClN4O3S/c1-2-3-8-21-15(24)11(13(22)19-16(21)25)9-18-20-14(23)10-6-4-5-7-12(10)17/h4-7,9,24H,2-3,8H2,1H3,(H,20,23)(H,19,22,25). The molecule has 0 aliphatic carbocycles. The van der Waals surface area contributed by atoms with Crippen LogP contribution in [0.4, 0.5) is 0 Å². The molecule has 1 amide bonds. The van der Waals surface area contributed by atoms with Crippen molar-refractivity contribution < 1.29 is 9.90 Å². The number of unbranched alkanes of at least 4 members (excludes halogenated alkanes) is 1. The number of H-pyrrole nitrogens is 1. The highest BCUT2D eigenvalue weighted by atomic mass is 35.5. The molecule has 7 nitrogen and oxygen atoms in total. The van der Waals surface area contributed by atoms with Crippen molar-refractivity contribution in [2.24, 2.45) is 5.10 Å². The van der Waals surface area contributed by atoms with Gasteiger partial charge in [0.2, 0.25) is 5.88 Å². The van der Waals surface area contributed by atoms with Crippen molar-refractivity contribution >= 4 is 35.9 Å². The van der Waals surface area contributed by atoms with E-state index in [1.54, 1.807) is 24.3 Å². The topological polar surface area (TPSA) is 99.5 Å². The van der Waals surface area contributed by atoms with Crippen molar-refractivity contribution in [1.82, 2.24) is 15.0 Å². The fraction of sp³-hybridized carbons (Fsp3) is 0.250. The van der Waals surface area contributed by atoms with Gasteiger partial charge in [-0.1, -0.05) is 37.1 Å². The van der Waals surface area contributed by atoms with Crippen molar-refractivity contribution in [1.29, 1.82) is 0 Å². The number of rotatable bonds is 6. The Hall–Kier alpha value is -2.45. The SMILES string of the molecule is CCCCn1c(O)c(C=NNC(=O)c2ccccc2Cl)c(=O)[nH]c1=S. The zero-order valence-electron chi connectivity index (χ0n) is 13.5. The maximum absolute atomic E-state index is 12.0. The predicted molar refractivity (Wildman–Crippen MR) is 99.0 cm³/mol. The molecule has 1 heterocycles. The number of hydrogen-bond acceptors (Lipinski definition) is 5. The molecule has 25 heavy (non-hydrogen) atoms. The average Bonchev–Trinajstić information content (AvgIpc) is 2.57. The molecule has 2 aromatic rings. The molecule has 1 aromatic heterocycles. The van der Waals surface area contributed by atoms with Gasteiger partial charge in [-0.15, -0.1) is 0 Å². The summed E-state index contributed by atoms with van der Waals surface area (Å²) in [6.45, 7) is 2.46. The maximum atomic E-state index is 12.0. The summed E-state index contributed by atoms with van der Waals surface area (Å²) in [5.74, 6) is -0.825. The van der Waals surface area contributed by atoms with Gasteiger partial charge in [0.05, 0.1) is 16.8 Å². The van der Waals surface area contributed by atoms with Crippen LogP contribution in [0.2, 0.25) is 5.02 Å². The molecule has 2 rings (SSSR count). The second kappa shape index (κ2) is 8.59. The predicted octanol–water partition coefficient (Wildman–Crippen LogP) is 2.83. The van der Waals surface area contributed by atoms with Gasteiger partial charge in [0.1, 0.15) is 5.56 Å². The van der Waals surface area contributed by atoms with Gasteiger partial charge < -0.3 is 5.11 Å². The summed E-state index contributed by atoms with van der Waals surface area (Å²) in [4.78, 5) is 26.4. The molecule has 9 heteroatoms. The average molecular weight is 381 g/mol. The summed E-state index contributed by atoms with van der Waals surface area (Å²) < 4.78 is 1.55. The molecule has 0 atom stereocenters. The minimum absolute atomic E-state index is 0.0934. The second-order valence-corrected chi connectivity index (χ2v) is 5.97. The van der Waals surface area contributed by atoms with E-state index in [4.69, 9.17) is 23.8 Å². The first-order chi connectivity index (χ1) is 12.0. The van der Waals surface area contributed by atoms with Crippen molar-refractivity contribution in [2.45, 2.75) is 26.3 Å². The number of carbonyl (C=O) groups is 1. The van der Waals surface area contributed by atoms with Crippen LogP contribution in [-0.4, -0.2) is 26.8 Å². The van der Waals surface area contributed by atoms with Crippen LogP contribution in [0.1, 0.15) is 35.7 Å². The molecular formula is C16H17ClN4O3S. The van der Waals surface area contributed by atoms with Crippen molar-refractivity contribution in [3.63, 3.8) is 0 Å². The van der Waals surface area contributed by atoms with E-state index in [9.17, 15) is 14.7 Å². The highest BCUT2D eigenvalue weighted by Crippen LogP contribution is 2.15. The molecule has 0 aliphatic heterocycles. The molecule has 0 aliphatic rings. The minimum Gasteiger partial charge on any atom is -0.494 e. The smallest absolute Gasteiger partial charge is 0.272 e. The normalized spacial score (nSPS) is 11.0. The summed E-state index contributed by atoms with van der Waals surface area (Å²) in [5, 5.41) is 14.3. The Morgan fingerprint density at radius 2 is 2.20 bits per heavy atom. The van der Waals surface area contributed by atoms with Gasteiger partial charge in [0, 0.05) is 6.54 Å². The van der Waals surface area contributed by atoms with Crippen LogP contribution in [0.15, 0.2) is 34.2 Å².